The Hall–Kier alpha value is -2.87. The second-order valence-corrected chi connectivity index (χ2v) is 9.69. The molecule has 1 unspecified atom stereocenters. The van der Waals surface area contributed by atoms with Gasteiger partial charge in [-0.05, 0) is 66.5 Å². The Balaban J connectivity index is 1.55. The van der Waals surface area contributed by atoms with Crippen molar-refractivity contribution in [3.05, 3.63) is 51.2 Å². The van der Waals surface area contributed by atoms with Gasteiger partial charge < -0.3 is 10.5 Å². The smallest absolute Gasteiger partial charge is 0.279 e. The van der Waals surface area contributed by atoms with Crippen LogP contribution in [0.3, 0.4) is 0 Å². The van der Waals surface area contributed by atoms with Gasteiger partial charge in [-0.3, -0.25) is 25.2 Å². The number of benzene rings is 1. The highest BCUT2D eigenvalue weighted by atomic mass is 32.1. The van der Waals surface area contributed by atoms with Crippen LogP contribution in [0.5, 0.6) is 5.75 Å². The zero-order chi connectivity index (χ0) is 21.9. The van der Waals surface area contributed by atoms with Crippen molar-refractivity contribution in [1.29, 1.82) is 0 Å². The topological polar surface area (TPSA) is 111 Å². The molecule has 1 atom stereocenters. The molecule has 1 aliphatic carbocycles. The summed E-state index contributed by atoms with van der Waals surface area (Å²) in [5.41, 5.74) is 11.8. The third-order valence-electron chi connectivity index (χ3n) is 5.32. The molecule has 1 heterocycles. The lowest BCUT2D eigenvalue weighted by atomic mass is 9.72. The molecule has 1 aromatic heterocycles. The molecule has 8 heteroatoms. The van der Waals surface area contributed by atoms with E-state index >= 15 is 0 Å². The maximum Gasteiger partial charge on any atom is 0.279 e. The molecule has 7 nitrogen and oxygen atoms in total. The number of fused-ring (bicyclic) bond motifs is 1. The molecular weight excluding hydrogens is 402 g/mol. The molecule has 0 saturated heterocycles. The first-order valence-corrected chi connectivity index (χ1v) is 10.7. The highest BCUT2D eigenvalue weighted by Gasteiger charge is 2.30. The van der Waals surface area contributed by atoms with Crippen molar-refractivity contribution in [2.75, 3.05) is 6.61 Å². The molecule has 3 rings (SSSR count). The predicted molar refractivity (Wildman–Crippen MR) is 115 cm³/mol. The molecule has 0 radical (unpaired) electrons. The third kappa shape index (κ3) is 5.38. The van der Waals surface area contributed by atoms with Gasteiger partial charge in [0.15, 0.2) is 6.61 Å². The van der Waals surface area contributed by atoms with E-state index < -0.39 is 11.8 Å². The van der Waals surface area contributed by atoms with Gasteiger partial charge in [-0.1, -0.05) is 20.8 Å². The highest BCUT2D eigenvalue weighted by Crippen LogP contribution is 2.40. The van der Waals surface area contributed by atoms with Gasteiger partial charge in [0.25, 0.3) is 17.7 Å². The largest absolute Gasteiger partial charge is 0.484 e. The van der Waals surface area contributed by atoms with Gasteiger partial charge >= 0.3 is 0 Å². The molecule has 4 N–H and O–H groups in total. The first kappa shape index (κ1) is 21.8. The van der Waals surface area contributed by atoms with E-state index in [1.165, 1.54) is 33.9 Å². The van der Waals surface area contributed by atoms with Crippen molar-refractivity contribution in [3.8, 4) is 5.75 Å². The predicted octanol–water partition coefficient (Wildman–Crippen LogP) is 2.84. The molecule has 1 aromatic carbocycles. The van der Waals surface area contributed by atoms with Gasteiger partial charge in [0.2, 0.25) is 0 Å². The maximum absolute atomic E-state index is 12.5. The number of carbonyl (C=O) groups is 3. The Labute approximate surface area is 180 Å². The highest BCUT2D eigenvalue weighted by molar-refractivity contribution is 7.14. The van der Waals surface area contributed by atoms with E-state index in [0.717, 1.165) is 19.3 Å². The molecular formula is C22H27N3O4S. The lowest BCUT2D eigenvalue weighted by molar-refractivity contribution is -0.119. The first-order chi connectivity index (χ1) is 14.1. The van der Waals surface area contributed by atoms with Crippen molar-refractivity contribution in [2.24, 2.45) is 17.1 Å². The number of nitrogens with two attached hydrogens (primary N) is 1. The van der Waals surface area contributed by atoms with E-state index in [2.05, 4.69) is 31.6 Å². The quantitative estimate of drug-likeness (QED) is 0.635. The number of hydrogen-bond acceptors (Lipinski definition) is 5. The number of hydrazine groups is 1. The Bertz CT molecular complexity index is 944. The van der Waals surface area contributed by atoms with E-state index in [9.17, 15) is 14.4 Å². The fourth-order valence-corrected chi connectivity index (χ4v) is 4.58. The minimum Gasteiger partial charge on any atom is -0.484 e. The number of primary amides is 1. The van der Waals surface area contributed by atoms with Crippen molar-refractivity contribution >= 4 is 29.1 Å². The number of thiophene rings is 1. The minimum absolute atomic E-state index is 0.233. The number of aryl methyl sites for hydroxylation is 1. The lowest BCUT2D eigenvalue weighted by Gasteiger charge is -2.33. The van der Waals surface area contributed by atoms with Crippen LogP contribution in [-0.2, 0) is 17.6 Å². The van der Waals surface area contributed by atoms with Crippen LogP contribution in [-0.4, -0.2) is 24.3 Å². The van der Waals surface area contributed by atoms with Crippen molar-refractivity contribution < 1.29 is 19.1 Å². The number of rotatable bonds is 5. The summed E-state index contributed by atoms with van der Waals surface area (Å²) < 4.78 is 5.15. The van der Waals surface area contributed by atoms with Gasteiger partial charge in [-0.25, -0.2) is 0 Å². The number of ether oxygens (including phenoxy) is 1. The number of nitrogens with one attached hydrogen (secondary N) is 2. The zero-order valence-electron chi connectivity index (χ0n) is 17.4. The minimum atomic E-state index is -0.580. The Morgan fingerprint density at radius 2 is 1.80 bits per heavy atom. The molecule has 30 heavy (non-hydrogen) atoms. The van der Waals surface area contributed by atoms with E-state index in [4.69, 9.17) is 10.5 Å². The molecule has 2 aromatic rings. The second-order valence-electron chi connectivity index (χ2n) is 8.55. The lowest BCUT2D eigenvalue weighted by Crippen LogP contribution is -2.41. The van der Waals surface area contributed by atoms with Crippen molar-refractivity contribution in [2.45, 2.75) is 40.0 Å². The van der Waals surface area contributed by atoms with Crippen LogP contribution in [0.2, 0.25) is 0 Å². The standard InChI is InChI=1S/C22H27N3O4S/c1-22(2,3)15-6-9-17-14(10-15)11-18(30-17)21(28)25-24-20(27)13-4-7-16(8-5-13)29-12-19(23)26/h4-5,7-8,11,15H,6,9-10,12H2,1-3H3,(H2,23,26)(H,24,27)(H,25,28). The van der Waals surface area contributed by atoms with E-state index in [0.29, 0.717) is 22.1 Å². The molecule has 0 spiro atoms. The van der Waals surface area contributed by atoms with Gasteiger partial charge in [0.05, 0.1) is 4.88 Å². The van der Waals surface area contributed by atoms with Crippen LogP contribution in [0.15, 0.2) is 30.3 Å². The van der Waals surface area contributed by atoms with Crippen molar-refractivity contribution in [3.63, 3.8) is 0 Å². The first-order valence-electron chi connectivity index (χ1n) is 9.87. The number of carbonyl (C=O) groups excluding carboxylic acids is 3. The Morgan fingerprint density at radius 3 is 2.43 bits per heavy atom. The van der Waals surface area contributed by atoms with Gasteiger partial charge in [-0.15, -0.1) is 11.3 Å². The number of hydrogen-bond donors (Lipinski definition) is 3. The maximum atomic E-state index is 12.5. The summed E-state index contributed by atoms with van der Waals surface area (Å²) in [6, 6.07) is 8.13. The number of amides is 3. The van der Waals surface area contributed by atoms with Crippen LogP contribution >= 0.6 is 11.3 Å². The summed E-state index contributed by atoms with van der Waals surface area (Å²) in [6.45, 7) is 6.54. The van der Waals surface area contributed by atoms with Crippen LogP contribution in [0.25, 0.3) is 0 Å². The molecule has 0 bridgehead atoms. The fourth-order valence-electron chi connectivity index (χ4n) is 3.48. The van der Waals surface area contributed by atoms with Crippen LogP contribution in [0.4, 0.5) is 0 Å². The Kier molecular flexibility index (Phi) is 6.45. The monoisotopic (exact) mass is 429 g/mol. The summed E-state index contributed by atoms with van der Waals surface area (Å²) in [5.74, 6) is -0.323. The normalized spacial score (nSPS) is 15.8. The summed E-state index contributed by atoms with van der Waals surface area (Å²) in [5, 5.41) is 0. The summed E-state index contributed by atoms with van der Waals surface area (Å²) in [4.78, 5) is 37.4. The van der Waals surface area contributed by atoms with Crippen LogP contribution in [0, 0.1) is 11.3 Å². The van der Waals surface area contributed by atoms with Crippen LogP contribution < -0.4 is 21.3 Å². The van der Waals surface area contributed by atoms with E-state index in [1.54, 1.807) is 12.1 Å². The second kappa shape index (κ2) is 8.87. The molecule has 0 saturated carbocycles. The summed E-state index contributed by atoms with van der Waals surface area (Å²) in [7, 11) is 0. The van der Waals surface area contributed by atoms with E-state index in [-0.39, 0.29) is 17.9 Å². The summed E-state index contributed by atoms with van der Waals surface area (Å²) >= 11 is 1.50. The van der Waals surface area contributed by atoms with Crippen LogP contribution in [0.1, 0.15) is 57.7 Å². The zero-order valence-corrected chi connectivity index (χ0v) is 18.2. The summed E-state index contributed by atoms with van der Waals surface area (Å²) in [6.07, 6.45) is 3.11. The SMILES string of the molecule is CC(C)(C)C1CCc2sc(C(=O)NNC(=O)c3ccc(OCC(N)=O)cc3)cc2C1. The Morgan fingerprint density at radius 1 is 1.13 bits per heavy atom. The average molecular weight is 430 g/mol. The van der Waals surface area contributed by atoms with Gasteiger partial charge in [-0.2, -0.15) is 0 Å². The fraction of sp³-hybridized carbons (Fsp3) is 0.409. The third-order valence-corrected chi connectivity index (χ3v) is 6.55. The molecule has 0 fully saturated rings. The molecule has 1 aliphatic rings. The van der Waals surface area contributed by atoms with Crippen molar-refractivity contribution in [1.82, 2.24) is 10.9 Å². The molecule has 160 valence electrons. The average Bonchev–Trinajstić information content (AvgIpc) is 3.13. The van der Waals surface area contributed by atoms with Gasteiger partial charge in [0, 0.05) is 10.4 Å². The molecule has 0 aliphatic heterocycles. The van der Waals surface area contributed by atoms with Gasteiger partial charge in [0.1, 0.15) is 5.75 Å². The van der Waals surface area contributed by atoms with E-state index in [1.807, 2.05) is 6.07 Å². The molecule has 3 amide bonds.